The molecule has 0 heterocycles. The Hall–Kier alpha value is -1.09. The minimum absolute atomic E-state index is 0.0391. The summed E-state index contributed by atoms with van der Waals surface area (Å²) < 4.78 is 12.6. The molecule has 2 nitrogen and oxygen atoms in total. The Kier molecular flexibility index (Phi) is 1.87. The first-order valence-electron chi connectivity index (χ1n) is 2.89. The highest BCUT2D eigenvalue weighted by molar-refractivity contribution is 5.39. The van der Waals surface area contributed by atoms with Crippen LogP contribution in [0.5, 0.6) is 0 Å². The van der Waals surface area contributed by atoms with E-state index < -0.39 is 5.82 Å². The van der Waals surface area contributed by atoms with E-state index in [0.717, 1.165) is 0 Å². The summed E-state index contributed by atoms with van der Waals surface area (Å²) in [6, 6.07) is 5.43. The van der Waals surface area contributed by atoms with Crippen LogP contribution in [0.15, 0.2) is 12.1 Å². The molecule has 0 saturated carbocycles. The van der Waals surface area contributed by atoms with E-state index in [0.29, 0.717) is 12.1 Å². The van der Waals surface area contributed by atoms with Crippen LogP contribution in [0.3, 0.4) is 0 Å². The lowest BCUT2D eigenvalue weighted by atomic mass is 10.2. The van der Waals surface area contributed by atoms with Crippen LogP contribution in [0, 0.1) is 11.9 Å². The molecule has 0 saturated heterocycles. The Balaban J connectivity index is 3.04. The molecular formula is C7H8FN2. The summed E-state index contributed by atoms with van der Waals surface area (Å²) >= 11 is 0. The third-order valence-electron chi connectivity index (χ3n) is 1.22. The number of hydrogen-bond donors (Lipinski definition) is 2. The maximum absolute atomic E-state index is 12.6. The van der Waals surface area contributed by atoms with Gasteiger partial charge in [-0.15, -0.1) is 0 Å². The molecule has 1 rings (SSSR count). The number of halogens is 1. The summed E-state index contributed by atoms with van der Waals surface area (Å²) in [4.78, 5) is 0. The van der Waals surface area contributed by atoms with Gasteiger partial charge in [-0.25, -0.2) is 4.39 Å². The van der Waals surface area contributed by atoms with E-state index in [1.54, 1.807) is 6.07 Å². The topological polar surface area (TPSA) is 52.0 Å². The van der Waals surface area contributed by atoms with Gasteiger partial charge in [0.15, 0.2) is 0 Å². The number of anilines is 1. The van der Waals surface area contributed by atoms with E-state index in [-0.39, 0.29) is 5.69 Å². The van der Waals surface area contributed by atoms with Crippen LogP contribution in [0.1, 0.15) is 5.56 Å². The summed E-state index contributed by atoms with van der Waals surface area (Å²) in [5, 5.41) is 0. The predicted molar refractivity (Wildman–Crippen MR) is 37.5 cm³/mol. The van der Waals surface area contributed by atoms with E-state index in [2.05, 4.69) is 6.07 Å². The highest BCUT2D eigenvalue weighted by Crippen LogP contribution is 2.09. The third kappa shape index (κ3) is 1.25. The zero-order valence-corrected chi connectivity index (χ0v) is 5.39. The van der Waals surface area contributed by atoms with Crippen LogP contribution >= 0.6 is 0 Å². The highest BCUT2D eigenvalue weighted by atomic mass is 19.1. The van der Waals surface area contributed by atoms with Gasteiger partial charge in [0, 0.05) is 12.6 Å². The first kappa shape index (κ1) is 7.02. The van der Waals surface area contributed by atoms with Crippen molar-refractivity contribution in [2.24, 2.45) is 5.73 Å². The van der Waals surface area contributed by atoms with Crippen molar-refractivity contribution in [3.63, 3.8) is 0 Å². The van der Waals surface area contributed by atoms with Crippen molar-refractivity contribution in [3.05, 3.63) is 29.6 Å². The summed E-state index contributed by atoms with van der Waals surface area (Å²) in [6.45, 7) is 0.313. The van der Waals surface area contributed by atoms with Crippen molar-refractivity contribution < 1.29 is 4.39 Å². The van der Waals surface area contributed by atoms with Crippen molar-refractivity contribution in [3.8, 4) is 0 Å². The number of hydrogen-bond acceptors (Lipinski definition) is 2. The van der Waals surface area contributed by atoms with Crippen LogP contribution in [-0.2, 0) is 6.54 Å². The molecule has 0 aliphatic heterocycles. The van der Waals surface area contributed by atoms with E-state index in [4.69, 9.17) is 11.5 Å². The van der Waals surface area contributed by atoms with Gasteiger partial charge in [0.25, 0.3) is 0 Å². The average Bonchev–Trinajstić information content (AvgIpc) is 1.95. The molecule has 0 unspecified atom stereocenters. The average molecular weight is 139 g/mol. The van der Waals surface area contributed by atoms with E-state index in [1.807, 2.05) is 0 Å². The number of nitrogen functional groups attached to an aromatic ring is 1. The molecule has 1 aromatic rings. The first-order valence-corrected chi connectivity index (χ1v) is 2.89. The molecule has 53 valence electrons. The Bertz CT molecular complexity index is 235. The molecule has 0 aromatic heterocycles. The van der Waals surface area contributed by atoms with E-state index in [1.165, 1.54) is 6.07 Å². The van der Waals surface area contributed by atoms with Crippen molar-refractivity contribution in [2.75, 3.05) is 5.73 Å². The monoisotopic (exact) mass is 139 g/mol. The van der Waals surface area contributed by atoms with Gasteiger partial charge in [-0.3, -0.25) is 0 Å². The van der Waals surface area contributed by atoms with Gasteiger partial charge in [0.2, 0.25) is 0 Å². The Morgan fingerprint density at radius 3 is 2.80 bits per heavy atom. The zero-order valence-electron chi connectivity index (χ0n) is 5.39. The lowest BCUT2D eigenvalue weighted by molar-refractivity contribution is 0.630. The van der Waals surface area contributed by atoms with E-state index in [9.17, 15) is 4.39 Å². The maximum Gasteiger partial charge on any atom is 0.147 e. The molecule has 10 heavy (non-hydrogen) atoms. The second-order valence-corrected chi connectivity index (χ2v) is 1.97. The molecule has 0 atom stereocenters. The molecule has 0 aliphatic carbocycles. The standard InChI is InChI=1S/C7H8FN2/c8-6-3-5(4-9)1-2-7(6)10/h1,3H,4,9-10H2. The number of nitrogens with two attached hydrogens (primary N) is 2. The summed E-state index contributed by atoms with van der Waals surface area (Å²) in [5.41, 5.74) is 11.2. The van der Waals surface area contributed by atoms with Crippen LogP contribution in [0.2, 0.25) is 0 Å². The van der Waals surface area contributed by atoms with Crippen LogP contribution < -0.4 is 11.5 Å². The van der Waals surface area contributed by atoms with Gasteiger partial charge in [0.05, 0.1) is 5.69 Å². The van der Waals surface area contributed by atoms with Gasteiger partial charge in [0.1, 0.15) is 5.82 Å². The second-order valence-electron chi connectivity index (χ2n) is 1.97. The van der Waals surface area contributed by atoms with Gasteiger partial charge in [-0.1, -0.05) is 0 Å². The number of rotatable bonds is 1. The Morgan fingerprint density at radius 2 is 2.30 bits per heavy atom. The fourth-order valence-electron chi connectivity index (χ4n) is 0.639. The summed E-state index contributed by atoms with van der Waals surface area (Å²) in [6.07, 6.45) is 0. The quantitative estimate of drug-likeness (QED) is 0.562. The fraction of sp³-hybridized carbons (Fsp3) is 0.143. The van der Waals surface area contributed by atoms with Crippen LogP contribution in [0.4, 0.5) is 10.1 Å². The second kappa shape index (κ2) is 2.66. The molecule has 0 amide bonds. The van der Waals surface area contributed by atoms with Crippen molar-refractivity contribution >= 4 is 5.69 Å². The highest BCUT2D eigenvalue weighted by Gasteiger charge is 1.97. The van der Waals surface area contributed by atoms with Gasteiger partial charge in [-0.2, -0.15) is 0 Å². The molecule has 1 radical (unpaired) electrons. The minimum Gasteiger partial charge on any atom is -0.396 e. The maximum atomic E-state index is 12.6. The van der Waals surface area contributed by atoms with Crippen molar-refractivity contribution in [1.29, 1.82) is 0 Å². The molecular weight excluding hydrogens is 131 g/mol. The molecule has 0 fully saturated rings. The minimum atomic E-state index is -0.456. The summed E-state index contributed by atoms with van der Waals surface area (Å²) in [5.74, 6) is -0.456. The van der Waals surface area contributed by atoms with Gasteiger partial charge >= 0.3 is 0 Å². The van der Waals surface area contributed by atoms with Crippen LogP contribution in [0.25, 0.3) is 0 Å². The van der Waals surface area contributed by atoms with Crippen molar-refractivity contribution in [1.82, 2.24) is 0 Å². The molecule has 1 aromatic carbocycles. The zero-order chi connectivity index (χ0) is 7.56. The molecule has 0 bridgehead atoms. The smallest absolute Gasteiger partial charge is 0.147 e. The molecule has 0 spiro atoms. The SMILES string of the molecule is NCc1c[c]c(N)c(F)c1. The molecule has 3 heteroatoms. The normalized spacial score (nSPS) is 9.80. The van der Waals surface area contributed by atoms with Gasteiger partial charge < -0.3 is 11.5 Å². The number of benzene rings is 1. The largest absolute Gasteiger partial charge is 0.396 e. The Labute approximate surface area is 58.6 Å². The van der Waals surface area contributed by atoms with E-state index >= 15 is 0 Å². The predicted octanol–water partition coefficient (Wildman–Crippen LogP) is 0.667. The summed E-state index contributed by atoms with van der Waals surface area (Å²) in [7, 11) is 0. The molecule has 4 N–H and O–H groups in total. The lowest BCUT2D eigenvalue weighted by Crippen LogP contribution is -1.98. The lowest BCUT2D eigenvalue weighted by Gasteiger charge is -1.97. The van der Waals surface area contributed by atoms with Gasteiger partial charge in [-0.05, 0) is 17.7 Å². The fourth-order valence-corrected chi connectivity index (χ4v) is 0.639. The van der Waals surface area contributed by atoms with Crippen LogP contribution in [-0.4, -0.2) is 0 Å². The third-order valence-corrected chi connectivity index (χ3v) is 1.22. The Morgan fingerprint density at radius 1 is 1.60 bits per heavy atom. The van der Waals surface area contributed by atoms with Crippen molar-refractivity contribution in [2.45, 2.75) is 6.54 Å². The first-order chi connectivity index (χ1) is 4.74. The molecule has 0 aliphatic rings.